The van der Waals surface area contributed by atoms with Gasteiger partial charge in [-0.25, -0.2) is 4.98 Å². The number of rotatable bonds is 7. The number of nitrogens with one attached hydrogen (secondary N) is 2. The minimum Gasteiger partial charge on any atom is -0.459 e. The van der Waals surface area contributed by atoms with Gasteiger partial charge < -0.3 is 10.1 Å². The molecule has 4 saturated carbocycles. The van der Waals surface area contributed by atoms with Gasteiger partial charge in [0.15, 0.2) is 0 Å². The largest absolute Gasteiger partial charge is 0.459 e. The third kappa shape index (κ3) is 2.72. The van der Waals surface area contributed by atoms with Crippen molar-refractivity contribution in [3.63, 3.8) is 0 Å². The molecule has 12 heteroatoms. The second-order valence-corrected chi connectivity index (χ2v) is 12.6. The summed E-state index contributed by atoms with van der Waals surface area (Å²) in [6.45, 7) is 0.338. The highest BCUT2D eigenvalue weighted by atomic mass is 32.1. The van der Waals surface area contributed by atoms with Crippen LogP contribution in [0.5, 0.6) is 0 Å². The first-order valence-corrected chi connectivity index (χ1v) is 14.4. The predicted molar refractivity (Wildman–Crippen MR) is 137 cm³/mol. The average Bonchev–Trinajstić information content (AvgIpc) is 3.46. The van der Waals surface area contributed by atoms with Crippen molar-refractivity contribution in [2.24, 2.45) is 28.6 Å². The van der Waals surface area contributed by atoms with Crippen molar-refractivity contribution in [2.75, 3.05) is 5.32 Å². The number of piperidine rings is 1. The number of carbonyl (C=O) groups excluding carboxylic acids is 6. The van der Waals surface area contributed by atoms with Gasteiger partial charge in [0.25, 0.3) is 11.8 Å². The Morgan fingerprint density at radius 2 is 2.00 bits per heavy atom. The van der Waals surface area contributed by atoms with Gasteiger partial charge in [0.1, 0.15) is 23.4 Å². The third-order valence-corrected chi connectivity index (χ3v) is 11.1. The molecular formula is C28H24N4O7S. The number of aromatic nitrogens is 1. The first-order chi connectivity index (χ1) is 19.3. The SMILES string of the molecule is O=C1CCC(N2C(=O)c3cccc(NCc4nc(COC(=O)C56CC7CC8C(=O)C(C5)C786)cs4)c3C2=O)C(=O)N1. The highest BCUT2D eigenvalue weighted by Gasteiger charge is 2.94. The first-order valence-electron chi connectivity index (χ1n) is 13.5. The summed E-state index contributed by atoms with van der Waals surface area (Å²) in [5.41, 5.74) is 0.905. The van der Waals surface area contributed by atoms with Crippen molar-refractivity contribution in [1.29, 1.82) is 0 Å². The zero-order valence-electron chi connectivity index (χ0n) is 21.2. The Morgan fingerprint density at radius 1 is 1.15 bits per heavy atom. The van der Waals surface area contributed by atoms with Crippen molar-refractivity contribution >= 4 is 52.4 Å². The molecule has 11 nitrogen and oxygen atoms in total. The minimum absolute atomic E-state index is 0.0553. The number of thiazole rings is 1. The van der Waals surface area contributed by atoms with E-state index >= 15 is 0 Å². The van der Waals surface area contributed by atoms with E-state index in [-0.39, 0.29) is 60.3 Å². The lowest BCUT2D eigenvalue weighted by Gasteiger charge is -2.88. The number of esters is 1. The van der Waals surface area contributed by atoms with Crippen molar-refractivity contribution in [2.45, 2.75) is 51.3 Å². The molecule has 204 valence electrons. The van der Waals surface area contributed by atoms with Gasteiger partial charge in [-0.3, -0.25) is 39.0 Å². The van der Waals surface area contributed by atoms with Crippen LogP contribution in [0.3, 0.4) is 0 Å². The molecule has 1 aromatic heterocycles. The van der Waals surface area contributed by atoms with E-state index in [0.29, 0.717) is 34.5 Å². The van der Waals surface area contributed by atoms with Gasteiger partial charge in [-0.15, -0.1) is 11.3 Å². The van der Waals surface area contributed by atoms with Crippen LogP contribution in [0.25, 0.3) is 0 Å². The van der Waals surface area contributed by atoms with Gasteiger partial charge in [0, 0.05) is 34.7 Å². The molecule has 1 saturated heterocycles. The van der Waals surface area contributed by atoms with Gasteiger partial charge in [-0.1, -0.05) is 6.07 Å². The standard InChI is InChI=1S/C28H24N4O7S/c33-19-5-4-18(23(35)31-19)32-24(36)14-2-1-3-17(21(14)25(32)37)29-9-20-30-13(11-40-20)10-39-26(38)27-7-12-6-15-22(34)16(8-27)28(12,15)27/h1-3,11-12,15-16,18,29H,4-10H2,(H,31,33,35). The number of ketones is 1. The number of nitrogens with zero attached hydrogens (tertiary/aromatic N) is 2. The third-order valence-electron chi connectivity index (χ3n) is 10.3. The van der Waals surface area contributed by atoms with Crippen molar-refractivity contribution in [3.8, 4) is 0 Å². The maximum Gasteiger partial charge on any atom is 0.313 e. The van der Waals surface area contributed by atoms with E-state index in [4.69, 9.17) is 4.74 Å². The van der Waals surface area contributed by atoms with E-state index in [1.165, 1.54) is 11.3 Å². The molecule has 0 bridgehead atoms. The lowest BCUT2D eigenvalue weighted by molar-refractivity contribution is -0.377. The monoisotopic (exact) mass is 560 g/mol. The Hall–Kier alpha value is -3.93. The Balaban J connectivity index is 0.915. The topological polar surface area (TPSA) is 152 Å². The number of fused-ring (bicyclic) bond motifs is 1. The average molecular weight is 561 g/mol. The molecule has 4 aliphatic carbocycles. The molecule has 1 aromatic carbocycles. The predicted octanol–water partition coefficient (Wildman–Crippen LogP) is 1.81. The first kappa shape index (κ1) is 23.9. The number of Topliss-reactive ketones (excluding diaryl/α,β-unsaturated/α-hetero) is 1. The van der Waals surface area contributed by atoms with Gasteiger partial charge in [-0.2, -0.15) is 0 Å². The van der Waals surface area contributed by atoms with Crippen molar-refractivity contribution in [1.82, 2.24) is 15.2 Å². The number of hydrogen-bond donors (Lipinski definition) is 2. The molecular weight excluding hydrogens is 536 g/mol. The zero-order valence-corrected chi connectivity index (χ0v) is 22.0. The van der Waals surface area contributed by atoms with Crippen LogP contribution in [0.1, 0.15) is 63.5 Å². The van der Waals surface area contributed by atoms with Gasteiger partial charge in [-0.05, 0) is 43.7 Å². The van der Waals surface area contributed by atoms with E-state index in [1.807, 2.05) is 5.38 Å². The van der Waals surface area contributed by atoms with Gasteiger partial charge in [0.2, 0.25) is 11.8 Å². The second-order valence-electron chi connectivity index (χ2n) is 11.7. The smallest absolute Gasteiger partial charge is 0.313 e. The summed E-state index contributed by atoms with van der Waals surface area (Å²) in [4.78, 5) is 80.8. The number of benzene rings is 1. The van der Waals surface area contributed by atoms with Crippen LogP contribution in [-0.2, 0) is 37.1 Å². The number of hydrogen-bond acceptors (Lipinski definition) is 10. The molecule has 0 radical (unpaired) electrons. The molecule has 2 N–H and O–H groups in total. The van der Waals surface area contributed by atoms with E-state index in [0.717, 1.165) is 17.7 Å². The highest BCUT2D eigenvalue weighted by molar-refractivity contribution is 7.09. The number of ether oxygens (including phenoxy) is 1. The Bertz CT molecular complexity index is 1590. The number of anilines is 1. The van der Waals surface area contributed by atoms with Gasteiger partial charge >= 0.3 is 5.97 Å². The van der Waals surface area contributed by atoms with E-state index in [1.54, 1.807) is 18.2 Å². The quantitative estimate of drug-likeness (QED) is 0.382. The summed E-state index contributed by atoms with van der Waals surface area (Å²) >= 11 is 1.38. The Kier molecular flexibility index (Phi) is 4.69. The lowest BCUT2D eigenvalue weighted by atomic mass is 9.13. The number of amides is 4. The van der Waals surface area contributed by atoms with Gasteiger partial charge in [0.05, 0.1) is 28.8 Å². The number of carbonyl (C=O) groups is 6. The van der Waals surface area contributed by atoms with Crippen LogP contribution < -0.4 is 10.6 Å². The van der Waals surface area contributed by atoms with E-state index in [9.17, 15) is 28.8 Å². The van der Waals surface area contributed by atoms with Crippen molar-refractivity contribution in [3.05, 3.63) is 45.4 Å². The molecule has 1 spiro atoms. The van der Waals surface area contributed by atoms with E-state index < -0.39 is 35.1 Å². The summed E-state index contributed by atoms with van der Waals surface area (Å²) in [6, 6.07) is 3.85. The van der Waals surface area contributed by atoms with Crippen LogP contribution in [0.4, 0.5) is 5.69 Å². The zero-order chi connectivity index (χ0) is 27.6. The summed E-state index contributed by atoms with van der Waals surface area (Å²) in [5.74, 6) is -1.42. The summed E-state index contributed by atoms with van der Waals surface area (Å²) < 4.78 is 5.69. The van der Waals surface area contributed by atoms with Crippen LogP contribution in [0.15, 0.2) is 23.6 Å². The van der Waals surface area contributed by atoms with Crippen LogP contribution >= 0.6 is 11.3 Å². The lowest BCUT2D eigenvalue weighted by Crippen LogP contribution is -2.90. The maximum atomic E-state index is 13.3. The molecule has 2 aliphatic heterocycles. The van der Waals surface area contributed by atoms with Crippen molar-refractivity contribution < 1.29 is 33.5 Å². The summed E-state index contributed by atoms with van der Waals surface area (Å²) in [7, 11) is 0. The fraction of sp³-hybridized carbons (Fsp3) is 0.464. The normalized spacial score (nSPS) is 34.4. The minimum atomic E-state index is -1.03. The Labute approximate surface area is 231 Å². The van der Waals surface area contributed by atoms with Crippen LogP contribution in [0, 0.1) is 28.6 Å². The molecule has 2 aromatic rings. The molecule has 6 aliphatic rings. The Morgan fingerprint density at radius 3 is 2.77 bits per heavy atom. The highest BCUT2D eigenvalue weighted by Crippen LogP contribution is 2.91. The van der Waals surface area contributed by atoms with E-state index in [2.05, 4.69) is 15.6 Å². The molecule has 6 atom stereocenters. The fourth-order valence-electron chi connectivity index (χ4n) is 8.53. The molecule has 4 amide bonds. The number of imide groups is 2. The molecule has 5 fully saturated rings. The maximum absolute atomic E-state index is 13.3. The second kappa shape index (κ2) is 7.84. The van der Waals surface area contributed by atoms with Crippen LogP contribution in [0.2, 0.25) is 0 Å². The summed E-state index contributed by atoms with van der Waals surface area (Å²) in [6.07, 6.45) is 2.55. The molecule has 6 unspecified atom stereocenters. The molecule has 40 heavy (non-hydrogen) atoms. The molecule has 3 heterocycles. The van der Waals surface area contributed by atoms with Crippen LogP contribution in [-0.4, -0.2) is 51.3 Å². The summed E-state index contributed by atoms with van der Waals surface area (Å²) in [5, 5.41) is 7.90. The molecule has 8 rings (SSSR count). The fourth-order valence-corrected chi connectivity index (χ4v) is 9.25.